The minimum absolute atomic E-state index is 0. The molecule has 1 aliphatic rings. The summed E-state index contributed by atoms with van der Waals surface area (Å²) in [6, 6.07) is 5.99. The number of nitrogens with one attached hydrogen (secondary N) is 1. The van der Waals surface area contributed by atoms with Crippen LogP contribution in [0.1, 0.15) is 24.8 Å². The van der Waals surface area contributed by atoms with Gasteiger partial charge in [-0.1, -0.05) is 6.07 Å². The number of rotatable bonds is 6. The number of nitrogens with zero attached hydrogens (tertiary/aromatic N) is 1. The lowest BCUT2D eigenvalue weighted by Crippen LogP contribution is -2.40. The number of halogens is 2. The predicted octanol–water partition coefficient (Wildman–Crippen LogP) is 3.27. The maximum absolute atomic E-state index is 12.3. The molecule has 4 nitrogen and oxygen atoms in total. The predicted molar refractivity (Wildman–Crippen MR) is 99.5 cm³/mol. The molecule has 0 saturated carbocycles. The van der Waals surface area contributed by atoms with Crippen molar-refractivity contribution in [3.63, 3.8) is 0 Å². The highest BCUT2D eigenvalue weighted by molar-refractivity contribution is 9.10. The average Bonchev–Trinajstić information content (AvgIpc) is 2.54. The molecule has 0 bridgehead atoms. The van der Waals surface area contributed by atoms with E-state index in [0.29, 0.717) is 12.3 Å². The van der Waals surface area contributed by atoms with E-state index in [4.69, 9.17) is 4.74 Å². The molecule has 130 valence electrons. The molecular weight excluding hydrogens is 380 g/mol. The quantitative estimate of drug-likeness (QED) is 0.790. The highest BCUT2D eigenvalue weighted by atomic mass is 79.9. The van der Waals surface area contributed by atoms with Crippen molar-refractivity contribution in [2.45, 2.75) is 25.7 Å². The van der Waals surface area contributed by atoms with Crippen LogP contribution in [0.15, 0.2) is 22.7 Å². The number of carbonyl (C=O) groups excluding carboxylic acids is 1. The van der Waals surface area contributed by atoms with E-state index in [2.05, 4.69) is 21.2 Å². The lowest BCUT2D eigenvalue weighted by molar-refractivity contribution is -0.132. The van der Waals surface area contributed by atoms with Gasteiger partial charge in [-0.15, -0.1) is 12.4 Å². The summed E-state index contributed by atoms with van der Waals surface area (Å²) in [6.45, 7) is 2.86. The van der Waals surface area contributed by atoms with Crippen molar-refractivity contribution >= 4 is 34.2 Å². The second kappa shape index (κ2) is 10.2. The number of aryl methyl sites for hydroxylation is 1. The Labute approximate surface area is 153 Å². The fraction of sp³-hybridized carbons (Fsp3) is 0.588. The van der Waals surface area contributed by atoms with E-state index in [9.17, 15) is 4.79 Å². The zero-order valence-corrected chi connectivity index (χ0v) is 16.2. The Kier molecular flexibility index (Phi) is 8.95. The summed E-state index contributed by atoms with van der Waals surface area (Å²) in [7, 11) is 3.64. The molecule has 0 aliphatic carbocycles. The first-order chi connectivity index (χ1) is 10.6. The number of methoxy groups -OCH3 is 1. The van der Waals surface area contributed by atoms with Crippen molar-refractivity contribution in [3.8, 4) is 5.75 Å². The van der Waals surface area contributed by atoms with E-state index in [1.807, 2.05) is 30.1 Å². The molecule has 0 unspecified atom stereocenters. The van der Waals surface area contributed by atoms with E-state index >= 15 is 0 Å². The number of hydrogen-bond acceptors (Lipinski definition) is 3. The maximum atomic E-state index is 12.3. The largest absolute Gasteiger partial charge is 0.496 e. The van der Waals surface area contributed by atoms with Crippen LogP contribution in [0.3, 0.4) is 0 Å². The van der Waals surface area contributed by atoms with Gasteiger partial charge in [0, 0.05) is 19.5 Å². The summed E-state index contributed by atoms with van der Waals surface area (Å²) >= 11 is 3.49. The van der Waals surface area contributed by atoms with Crippen molar-refractivity contribution < 1.29 is 9.53 Å². The monoisotopic (exact) mass is 404 g/mol. The summed E-state index contributed by atoms with van der Waals surface area (Å²) in [5.74, 6) is 1.81. The van der Waals surface area contributed by atoms with Gasteiger partial charge in [-0.05, 0) is 72.4 Å². The highest BCUT2D eigenvalue weighted by Gasteiger charge is 2.21. The summed E-state index contributed by atoms with van der Waals surface area (Å²) in [5.41, 5.74) is 1.16. The van der Waals surface area contributed by atoms with E-state index in [1.54, 1.807) is 7.11 Å². The highest BCUT2D eigenvalue weighted by Crippen LogP contribution is 2.26. The Morgan fingerprint density at radius 1 is 1.39 bits per heavy atom. The summed E-state index contributed by atoms with van der Waals surface area (Å²) in [5, 5.41) is 3.22. The van der Waals surface area contributed by atoms with Gasteiger partial charge in [0.2, 0.25) is 5.91 Å². The van der Waals surface area contributed by atoms with E-state index in [1.165, 1.54) is 0 Å². The molecule has 1 saturated heterocycles. The Bertz CT molecular complexity index is 505. The van der Waals surface area contributed by atoms with Crippen LogP contribution in [0, 0.1) is 5.92 Å². The van der Waals surface area contributed by atoms with Crippen molar-refractivity contribution in [3.05, 3.63) is 28.2 Å². The molecule has 1 aromatic rings. The normalized spacial score (nSPS) is 15.2. The minimum Gasteiger partial charge on any atom is -0.496 e. The fourth-order valence-corrected chi connectivity index (χ4v) is 3.54. The molecule has 1 aliphatic heterocycles. The Morgan fingerprint density at radius 2 is 2.09 bits per heavy atom. The number of benzene rings is 1. The topological polar surface area (TPSA) is 41.6 Å². The number of carbonyl (C=O) groups is 1. The second-order valence-corrected chi connectivity index (χ2v) is 6.71. The molecule has 2 rings (SSSR count). The van der Waals surface area contributed by atoms with Crippen molar-refractivity contribution in [2.24, 2.45) is 5.92 Å². The van der Waals surface area contributed by atoms with Gasteiger partial charge < -0.3 is 15.0 Å². The van der Waals surface area contributed by atoms with Crippen LogP contribution in [0.5, 0.6) is 5.75 Å². The first kappa shape index (κ1) is 20.3. The summed E-state index contributed by atoms with van der Waals surface area (Å²) in [6.07, 6.45) is 3.58. The van der Waals surface area contributed by atoms with E-state index in [-0.39, 0.29) is 18.3 Å². The number of piperidine rings is 1. The third-order valence-corrected chi connectivity index (χ3v) is 4.92. The lowest BCUT2D eigenvalue weighted by Gasteiger charge is -2.32. The molecule has 0 aromatic heterocycles. The Balaban J connectivity index is 0.00000264. The average molecular weight is 406 g/mol. The molecule has 1 heterocycles. The van der Waals surface area contributed by atoms with Gasteiger partial charge in [0.15, 0.2) is 0 Å². The maximum Gasteiger partial charge on any atom is 0.222 e. The molecule has 0 atom stereocenters. The summed E-state index contributed by atoms with van der Waals surface area (Å²) in [4.78, 5) is 14.3. The summed E-state index contributed by atoms with van der Waals surface area (Å²) < 4.78 is 6.16. The van der Waals surface area contributed by atoms with Gasteiger partial charge in [0.1, 0.15) is 5.75 Å². The van der Waals surface area contributed by atoms with Gasteiger partial charge in [0.25, 0.3) is 0 Å². The van der Waals surface area contributed by atoms with Gasteiger partial charge in [-0.25, -0.2) is 0 Å². The first-order valence-corrected chi connectivity index (χ1v) is 8.68. The molecule has 1 fully saturated rings. The molecule has 1 amide bonds. The number of likely N-dealkylation sites (tertiary alicyclic amines) is 1. The SMILES string of the molecule is CNCC1CCN(C(=O)CCc2ccc(OC)c(Br)c2)CC1.Cl. The minimum atomic E-state index is 0. The second-order valence-electron chi connectivity index (χ2n) is 5.85. The molecule has 1 aromatic carbocycles. The first-order valence-electron chi connectivity index (χ1n) is 7.88. The van der Waals surface area contributed by atoms with Crippen LogP contribution in [-0.2, 0) is 11.2 Å². The Morgan fingerprint density at radius 3 is 2.65 bits per heavy atom. The zero-order chi connectivity index (χ0) is 15.9. The van der Waals surface area contributed by atoms with Gasteiger partial charge >= 0.3 is 0 Å². The van der Waals surface area contributed by atoms with Crippen LogP contribution in [0.2, 0.25) is 0 Å². The van der Waals surface area contributed by atoms with Crippen molar-refractivity contribution in [1.82, 2.24) is 10.2 Å². The third-order valence-electron chi connectivity index (χ3n) is 4.30. The standard InChI is InChI=1S/C17H25BrN2O2.ClH/c1-19-12-14-7-9-20(10-8-14)17(21)6-4-13-3-5-16(22-2)15(18)11-13;/h3,5,11,14,19H,4,6-10,12H2,1-2H3;1H. The number of hydrogen-bond donors (Lipinski definition) is 1. The van der Waals surface area contributed by atoms with E-state index in [0.717, 1.165) is 54.7 Å². The molecule has 6 heteroatoms. The third kappa shape index (κ3) is 5.98. The van der Waals surface area contributed by atoms with Gasteiger partial charge in [-0.3, -0.25) is 4.79 Å². The van der Waals surface area contributed by atoms with Gasteiger partial charge in [0.05, 0.1) is 11.6 Å². The molecule has 0 radical (unpaired) electrons. The lowest BCUT2D eigenvalue weighted by atomic mass is 9.96. The van der Waals surface area contributed by atoms with Crippen LogP contribution in [0.25, 0.3) is 0 Å². The van der Waals surface area contributed by atoms with E-state index < -0.39 is 0 Å². The van der Waals surface area contributed by atoms with Crippen LogP contribution in [0.4, 0.5) is 0 Å². The number of amides is 1. The smallest absolute Gasteiger partial charge is 0.222 e. The van der Waals surface area contributed by atoms with Gasteiger partial charge in [-0.2, -0.15) is 0 Å². The molecular formula is C17H26BrClN2O2. The molecule has 0 spiro atoms. The number of ether oxygens (including phenoxy) is 1. The fourth-order valence-electron chi connectivity index (χ4n) is 2.95. The zero-order valence-electron chi connectivity index (χ0n) is 13.8. The van der Waals surface area contributed by atoms with Crippen molar-refractivity contribution in [2.75, 3.05) is 33.8 Å². The Hall–Kier alpha value is -0.780. The van der Waals surface area contributed by atoms with Crippen molar-refractivity contribution in [1.29, 1.82) is 0 Å². The molecule has 1 N–H and O–H groups in total. The van der Waals surface area contributed by atoms with Crippen LogP contribution in [-0.4, -0.2) is 44.6 Å². The van der Waals surface area contributed by atoms with Crippen LogP contribution >= 0.6 is 28.3 Å². The van der Waals surface area contributed by atoms with Crippen LogP contribution < -0.4 is 10.1 Å². The molecule has 23 heavy (non-hydrogen) atoms.